The summed E-state index contributed by atoms with van der Waals surface area (Å²) in [7, 11) is 0. The van der Waals surface area contributed by atoms with E-state index in [1.54, 1.807) is 6.21 Å². The molecule has 5 aromatic rings. The first kappa shape index (κ1) is 19.0. The first-order valence-electron chi connectivity index (χ1n) is 9.77. The third-order valence-corrected chi connectivity index (χ3v) is 5.90. The second-order valence-electron chi connectivity index (χ2n) is 6.88. The van der Waals surface area contributed by atoms with Gasteiger partial charge in [-0.15, -0.1) is 11.3 Å². The average Bonchev–Trinajstić information content (AvgIpc) is 3.15. The number of anilines is 1. The number of aromatic hydroxyl groups is 1. The number of fused-ring (bicyclic) bond motifs is 1. The zero-order chi connectivity index (χ0) is 21.0. The van der Waals surface area contributed by atoms with E-state index in [0.29, 0.717) is 10.8 Å². The van der Waals surface area contributed by atoms with Crippen molar-refractivity contribution < 1.29 is 5.11 Å². The summed E-state index contributed by atoms with van der Waals surface area (Å²) < 4.78 is 1.01. The Kier molecular flexibility index (Phi) is 5.12. The van der Waals surface area contributed by atoms with Gasteiger partial charge < -0.3 is 5.11 Å². The van der Waals surface area contributed by atoms with Crippen molar-refractivity contribution in [3.05, 3.63) is 95.9 Å². The lowest BCUT2D eigenvalue weighted by atomic mass is 10.1. The normalized spacial score (nSPS) is 11.2. The molecule has 150 valence electrons. The van der Waals surface area contributed by atoms with Gasteiger partial charge in [-0.3, -0.25) is 0 Å². The van der Waals surface area contributed by atoms with Crippen LogP contribution in [-0.4, -0.2) is 21.3 Å². The van der Waals surface area contributed by atoms with Crippen molar-refractivity contribution in [2.24, 2.45) is 5.10 Å². The topological polar surface area (TPSA) is 70.4 Å². The van der Waals surface area contributed by atoms with Crippen molar-refractivity contribution in [3.8, 4) is 28.3 Å². The van der Waals surface area contributed by atoms with Gasteiger partial charge in [0.15, 0.2) is 0 Å². The summed E-state index contributed by atoms with van der Waals surface area (Å²) in [4.78, 5) is 9.94. The van der Waals surface area contributed by atoms with E-state index >= 15 is 0 Å². The van der Waals surface area contributed by atoms with E-state index in [0.717, 1.165) is 32.6 Å². The molecule has 0 radical (unpaired) electrons. The highest BCUT2D eigenvalue weighted by molar-refractivity contribution is 7.21. The molecule has 0 amide bonds. The van der Waals surface area contributed by atoms with Crippen LogP contribution in [0.1, 0.15) is 4.88 Å². The number of rotatable bonds is 5. The van der Waals surface area contributed by atoms with E-state index in [1.165, 1.54) is 11.3 Å². The van der Waals surface area contributed by atoms with Gasteiger partial charge in [-0.2, -0.15) is 5.10 Å². The van der Waals surface area contributed by atoms with Gasteiger partial charge in [-0.1, -0.05) is 72.8 Å². The monoisotopic (exact) mass is 422 g/mol. The number of hydrogen-bond acceptors (Lipinski definition) is 6. The predicted octanol–water partition coefficient (Wildman–Crippen LogP) is 6.18. The quantitative estimate of drug-likeness (QED) is 0.262. The summed E-state index contributed by atoms with van der Waals surface area (Å²) in [5.41, 5.74) is 6.53. The largest absolute Gasteiger partial charge is 0.506 e. The van der Waals surface area contributed by atoms with E-state index in [1.807, 2.05) is 91.0 Å². The van der Waals surface area contributed by atoms with Crippen LogP contribution in [0.3, 0.4) is 0 Å². The van der Waals surface area contributed by atoms with Gasteiger partial charge in [0.1, 0.15) is 5.75 Å². The number of thiophene rings is 1. The average molecular weight is 423 g/mol. The Bertz CT molecular complexity index is 1310. The van der Waals surface area contributed by atoms with E-state index < -0.39 is 0 Å². The minimum atomic E-state index is 0.232. The summed E-state index contributed by atoms with van der Waals surface area (Å²) in [6, 6.07) is 29.6. The van der Waals surface area contributed by atoms with Crippen LogP contribution in [0, 0.1) is 0 Å². The molecule has 6 heteroatoms. The van der Waals surface area contributed by atoms with Crippen molar-refractivity contribution in [2.75, 3.05) is 5.43 Å². The molecule has 0 aliphatic carbocycles. The molecule has 0 atom stereocenters. The number of benzene rings is 3. The smallest absolute Gasteiger partial charge is 0.244 e. The third-order valence-electron chi connectivity index (χ3n) is 4.81. The van der Waals surface area contributed by atoms with E-state index in [-0.39, 0.29) is 5.75 Å². The first-order chi connectivity index (χ1) is 15.3. The van der Waals surface area contributed by atoms with E-state index in [2.05, 4.69) is 20.5 Å². The van der Waals surface area contributed by atoms with Crippen molar-refractivity contribution >= 4 is 33.6 Å². The van der Waals surface area contributed by atoms with Gasteiger partial charge in [-0.25, -0.2) is 15.4 Å². The second-order valence-corrected chi connectivity index (χ2v) is 7.96. The Hall–Kier alpha value is -4.03. The fourth-order valence-electron chi connectivity index (χ4n) is 3.30. The van der Waals surface area contributed by atoms with Crippen LogP contribution < -0.4 is 5.43 Å². The number of hydrogen-bond donors (Lipinski definition) is 2. The van der Waals surface area contributed by atoms with Crippen LogP contribution in [0.5, 0.6) is 5.75 Å². The Labute approximate surface area is 183 Å². The standard InChI is InChI=1S/C25H18N4OS/c30-24-19-13-7-8-14-22(19)31-23(24)16-26-29-25-27-20(17-9-3-1-4-10-17)15-21(28-25)18-11-5-2-6-12-18/h1-16,30H,(H,27,28,29)/b26-16-. The molecule has 0 unspecified atom stereocenters. The van der Waals surface area contributed by atoms with E-state index in [4.69, 9.17) is 0 Å². The van der Waals surface area contributed by atoms with Gasteiger partial charge in [-0.05, 0) is 18.2 Å². The van der Waals surface area contributed by atoms with Crippen LogP contribution in [0.2, 0.25) is 0 Å². The maximum absolute atomic E-state index is 10.4. The SMILES string of the molecule is Oc1c(/C=N\Nc2nc(-c3ccccc3)cc(-c3ccccc3)n2)sc2ccccc12. The lowest BCUT2D eigenvalue weighted by Crippen LogP contribution is -2.00. The summed E-state index contributed by atoms with van der Waals surface area (Å²) in [5.74, 6) is 0.618. The Morgan fingerprint density at radius 3 is 1.97 bits per heavy atom. The molecule has 2 N–H and O–H groups in total. The molecule has 0 fully saturated rings. The molecule has 0 spiro atoms. The van der Waals surface area contributed by atoms with Crippen LogP contribution in [0.25, 0.3) is 32.6 Å². The molecule has 0 aliphatic rings. The summed E-state index contributed by atoms with van der Waals surface area (Å²) in [5, 5.41) is 15.5. The van der Waals surface area contributed by atoms with Crippen molar-refractivity contribution in [2.45, 2.75) is 0 Å². The Morgan fingerprint density at radius 1 is 0.774 bits per heavy atom. The van der Waals surface area contributed by atoms with Gasteiger partial charge in [0.05, 0.1) is 22.5 Å². The number of nitrogens with zero attached hydrogens (tertiary/aromatic N) is 3. The molecule has 0 saturated carbocycles. The minimum Gasteiger partial charge on any atom is -0.506 e. The Balaban J connectivity index is 1.49. The van der Waals surface area contributed by atoms with Crippen molar-refractivity contribution in [1.82, 2.24) is 9.97 Å². The summed E-state index contributed by atoms with van der Waals surface area (Å²) in [6.07, 6.45) is 1.60. The fourth-order valence-corrected chi connectivity index (χ4v) is 4.27. The number of hydrazone groups is 1. The van der Waals surface area contributed by atoms with Gasteiger partial charge in [0, 0.05) is 21.2 Å². The molecule has 5 rings (SSSR count). The predicted molar refractivity (Wildman–Crippen MR) is 128 cm³/mol. The molecule has 5 nitrogen and oxygen atoms in total. The number of aromatic nitrogens is 2. The molecule has 3 aromatic carbocycles. The highest BCUT2D eigenvalue weighted by Gasteiger charge is 2.10. The van der Waals surface area contributed by atoms with Crippen LogP contribution in [-0.2, 0) is 0 Å². The zero-order valence-corrected chi connectivity index (χ0v) is 17.3. The van der Waals surface area contributed by atoms with Crippen LogP contribution >= 0.6 is 11.3 Å². The molecule has 2 aromatic heterocycles. The molecule has 0 saturated heterocycles. The fraction of sp³-hybridized carbons (Fsp3) is 0. The second kappa shape index (κ2) is 8.38. The maximum Gasteiger partial charge on any atom is 0.244 e. The van der Waals surface area contributed by atoms with Gasteiger partial charge in [0.2, 0.25) is 5.95 Å². The molecule has 2 heterocycles. The van der Waals surface area contributed by atoms with Crippen LogP contribution in [0.4, 0.5) is 5.95 Å². The van der Waals surface area contributed by atoms with E-state index in [9.17, 15) is 5.11 Å². The van der Waals surface area contributed by atoms with Crippen molar-refractivity contribution in [1.29, 1.82) is 0 Å². The molecular formula is C25H18N4OS. The third kappa shape index (κ3) is 4.01. The Morgan fingerprint density at radius 2 is 1.35 bits per heavy atom. The highest BCUT2D eigenvalue weighted by atomic mass is 32.1. The van der Waals surface area contributed by atoms with Crippen LogP contribution in [0.15, 0.2) is 96.1 Å². The summed E-state index contributed by atoms with van der Waals surface area (Å²) >= 11 is 1.48. The van der Waals surface area contributed by atoms with Gasteiger partial charge in [0.25, 0.3) is 0 Å². The first-order valence-corrected chi connectivity index (χ1v) is 10.6. The maximum atomic E-state index is 10.4. The number of nitrogens with one attached hydrogen (secondary N) is 1. The van der Waals surface area contributed by atoms with Gasteiger partial charge >= 0.3 is 0 Å². The zero-order valence-electron chi connectivity index (χ0n) is 16.4. The lowest BCUT2D eigenvalue weighted by molar-refractivity contribution is 0.483. The molecule has 31 heavy (non-hydrogen) atoms. The molecule has 0 bridgehead atoms. The lowest BCUT2D eigenvalue weighted by Gasteiger charge is -2.08. The minimum absolute atomic E-state index is 0.232. The summed E-state index contributed by atoms with van der Waals surface area (Å²) in [6.45, 7) is 0. The van der Waals surface area contributed by atoms with Crippen molar-refractivity contribution in [3.63, 3.8) is 0 Å². The molecular weight excluding hydrogens is 404 g/mol. The highest BCUT2D eigenvalue weighted by Crippen LogP contribution is 2.35. The molecule has 0 aliphatic heterocycles.